The van der Waals surface area contributed by atoms with Crippen molar-refractivity contribution in [1.29, 1.82) is 0 Å². The molecule has 2 aromatic heterocycles. The lowest BCUT2D eigenvalue weighted by molar-refractivity contribution is -0.118. The second-order valence-electron chi connectivity index (χ2n) is 6.68. The van der Waals surface area contributed by atoms with Gasteiger partial charge in [-0.25, -0.2) is 4.68 Å². The van der Waals surface area contributed by atoms with Gasteiger partial charge in [0, 0.05) is 36.4 Å². The van der Waals surface area contributed by atoms with E-state index in [0.717, 1.165) is 16.9 Å². The number of nitrogens with two attached hydrogens (primary N) is 1. The molecule has 0 bridgehead atoms. The summed E-state index contributed by atoms with van der Waals surface area (Å²) in [7, 11) is 0. The Hall–Kier alpha value is -4.20. The number of carbonyl (C=O) groups excluding carboxylic acids is 2. The summed E-state index contributed by atoms with van der Waals surface area (Å²) < 4.78 is 3.36. The Bertz CT molecular complexity index is 1180. The number of hydrogen-bond donors (Lipinski definition) is 2. The Morgan fingerprint density at radius 3 is 2.63 bits per heavy atom. The second-order valence-corrected chi connectivity index (χ2v) is 6.68. The highest BCUT2D eigenvalue weighted by Crippen LogP contribution is 2.22. The van der Waals surface area contributed by atoms with Gasteiger partial charge in [-0.15, -0.1) is 0 Å². The summed E-state index contributed by atoms with van der Waals surface area (Å²) in [5, 5.41) is 11.4. The number of aryl methyl sites for hydroxylation is 1. The summed E-state index contributed by atoms with van der Waals surface area (Å²) in [5.74, 6) is -0.286. The third kappa shape index (κ3) is 4.27. The molecule has 0 aliphatic heterocycles. The number of hydrogen-bond acceptors (Lipinski definition) is 4. The highest BCUT2D eigenvalue weighted by molar-refractivity contribution is 6.04. The molecule has 0 atom stereocenters. The Kier molecular flexibility index (Phi) is 5.38. The summed E-state index contributed by atoms with van der Waals surface area (Å²) in [5.41, 5.74) is 8.37. The van der Waals surface area contributed by atoms with Gasteiger partial charge in [-0.2, -0.15) is 10.2 Å². The van der Waals surface area contributed by atoms with Crippen LogP contribution in [0.1, 0.15) is 16.8 Å². The molecule has 0 radical (unpaired) electrons. The van der Waals surface area contributed by atoms with Gasteiger partial charge in [0.1, 0.15) is 0 Å². The molecule has 0 spiro atoms. The maximum Gasteiger partial charge on any atom is 0.256 e. The Labute approximate surface area is 172 Å². The van der Waals surface area contributed by atoms with Crippen molar-refractivity contribution in [1.82, 2.24) is 19.6 Å². The standard InChI is InChI=1S/C22H20N6O2/c23-20(29)10-13-27-14-11-21(26-27)25-22(30)17-7-4-8-18(15-17)28-19(9-12-24-28)16-5-2-1-3-6-16/h1-9,11-12,14-15H,10,13H2,(H2,23,29)(H,25,26,30). The summed E-state index contributed by atoms with van der Waals surface area (Å²) in [4.78, 5) is 23.6. The topological polar surface area (TPSA) is 108 Å². The molecule has 2 amide bonds. The Morgan fingerprint density at radius 1 is 1.00 bits per heavy atom. The molecule has 4 rings (SSSR count). The SMILES string of the molecule is NC(=O)CCn1ccc(NC(=O)c2cccc(-n3nccc3-c3ccccc3)c2)n1. The van der Waals surface area contributed by atoms with Crippen LogP contribution in [0, 0.1) is 0 Å². The van der Waals surface area contributed by atoms with Gasteiger partial charge >= 0.3 is 0 Å². The van der Waals surface area contributed by atoms with Gasteiger partial charge in [-0.1, -0.05) is 36.4 Å². The third-order valence-electron chi connectivity index (χ3n) is 4.53. The number of carbonyl (C=O) groups is 2. The number of anilines is 1. The average molecular weight is 400 g/mol. The van der Waals surface area contributed by atoms with Crippen molar-refractivity contribution < 1.29 is 9.59 Å². The van der Waals surface area contributed by atoms with Crippen LogP contribution in [0.25, 0.3) is 16.9 Å². The number of amides is 2. The van der Waals surface area contributed by atoms with Crippen LogP contribution in [0.4, 0.5) is 5.82 Å². The predicted octanol–water partition coefficient (Wildman–Crippen LogP) is 2.86. The van der Waals surface area contributed by atoms with E-state index in [-0.39, 0.29) is 12.3 Å². The van der Waals surface area contributed by atoms with Gasteiger partial charge in [0.2, 0.25) is 5.91 Å². The van der Waals surface area contributed by atoms with E-state index in [9.17, 15) is 9.59 Å². The summed E-state index contributed by atoms with van der Waals surface area (Å²) >= 11 is 0. The summed E-state index contributed by atoms with van der Waals surface area (Å²) in [6, 6.07) is 20.7. The molecule has 0 saturated carbocycles. The average Bonchev–Trinajstić information content (AvgIpc) is 3.42. The van der Waals surface area contributed by atoms with E-state index in [4.69, 9.17) is 5.73 Å². The molecule has 4 aromatic rings. The fourth-order valence-electron chi connectivity index (χ4n) is 3.08. The zero-order valence-electron chi connectivity index (χ0n) is 16.1. The Balaban J connectivity index is 1.53. The highest BCUT2D eigenvalue weighted by Gasteiger charge is 2.12. The van der Waals surface area contributed by atoms with Crippen molar-refractivity contribution in [3.63, 3.8) is 0 Å². The smallest absolute Gasteiger partial charge is 0.256 e. The lowest BCUT2D eigenvalue weighted by atomic mass is 10.1. The van der Waals surface area contributed by atoms with Gasteiger partial charge in [0.25, 0.3) is 5.91 Å². The number of aromatic nitrogens is 4. The van der Waals surface area contributed by atoms with Crippen molar-refractivity contribution in [3.8, 4) is 16.9 Å². The van der Waals surface area contributed by atoms with Crippen molar-refractivity contribution >= 4 is 17.6 Å². The zero-order chi connectivity index (χ0) is 20.9. The van der Waals surface area contributed by atoms with Crippen LogP contribution < -0.4 is 11.1 Å². The van der Waals surface area contributed by atoms with E-state index in [1.807, 2.05) is 48.5 Å². The van der Waals surface area contributed by atoms with E-state index in [1.54, 1.807) is 40.0 Å². The van der Waals surface area contributed by atoms with Crippen LogP contribution in [0.2, 0.25) is 0 Å². The van der Waals surface area contributed by atoms with E-state index in [0.29, 0.717) is 17.9 Å². The fraction of sp³-hybridized carbons (Fsp3) is 0.0909. The first-order valence-corrected chi connectivity index (χ1v) is 9.43. The third-order valence-corrected chi connectivity index (χ3v) is 4.53. The van der Waals surface area contributed by atoms with Crippen LogP contribution in [0.3, 0.4) is 0 Å². The van der Waals surface area contributed by atoms with Gasteiger partial charge in [-0.3, -0.25) is 14.3 Å². The molecule has 0 fully saturated rings. The van der Waals surface area contributed by atoms with Gasteiger partial charge < -0.3 is 11.1 Å². The minimum atomic E-state index is -0.401. The molecule has 8 nitrogen and oxygen atoms in total. The maximum absolute atomic E-state index is 12.7. The lowest BCUT2D eigenvalue weighted by Gasteiger charge is -2.09. The lowest BCUT2D eigenvalue weighted by Crippen LogP contribution is -2.15. The number of nitrogens with one attached hydrogen (secondary N) is 1. The Morgan fingerprint density at radius 2 is 1.83 bits per heavy atom. The predicted molar refractivity (Wildman–Crippen MR) is 113 cm³/mol. The van der Waals surface area contributed by atoms with Gasteiger partial charge in [-0.05, 0) is 24.3 Å². The van der Waals surface area contributed by atoms with Crippen LogP contribution in [0.15, 0.2) is 79.1 Å². The van der Waals surface area contributed by atoms with Crippen LogP contribution in [0.5, 0.6) is 0 Å². The maximum atomic E-state index is 12.7. The molecular formula is C22H20N6O2. The highest BCUT2D eigenvalue weighted by atomic mass is 16.2. The van der Waals surface area contributed by atoms with Gasteiger partial charge in [0.05, 0.1) is 17.6 Å². The largest absolute Gasteiger partial charge is 0.370 e. The number of nitrogens with zero attached hydrogens (tertiary/aromatic N) is 4. The molecule has 0 unspecified atom stereocenters. The van der Waals surface area contributed by atoms with Crippen LogP contribution >= 0.6 is 0 Å². The van der Waals surface area contributed by atoms with Crippen LogP contribution in [-0.4, -0.2) is 31.4 Å². The fourth-order valence-corrected chi connectivity index (χ4v) is 3.08. The number of benzene rings is 2. The first-order valence-electron chi connectivity index (χ1n) is 9.43. The van der Waals surface area contributed by atoms with E-state index in [1.165, 1.54) is 0 Å². The van der Waals surface area contributed by atoms with Crippen molar-refractivity contribution in [2.24, 2.45) is 5.73 Å². The molecule has 0 saturated heterocycles. The molecule has 8 heteroatoms. The number of primary amides is 1. The molecule has 3 N–H and O–H groups in total. The van der Waals surface area contributed by atoms with E-state index in [2.05, 4.69) is 15.5 Å². The normalized spacial score (nSPS) is 10.7. The molecule has 2 aromatic carbocycles. The van der Waals surface area contributed by atoms with Crippen LogP contribution in [-0.2, 0) is 11.3 Å². The zero-order valence-corrected chi connectivity index (χ0v) is 16.1. The van der Waals surface area contributed by atoms with E-state index >= 15 is 0 Å². The number of rotatable bonds is 7. The minimum absolute atomic E-state index is 0.185. The molecule has 0 aliphatic carbocycles. The molecule has 150 valence electrons. The molecular weight excluding hydrogens is 380 g/mol. The van der Waals surface area contributed by atoms with Crippen molar-refractivity contribution in [2.75, 3.05) is 5.32 Å². The second kappa shape index (κ2) is 8.44. The molecule has 0 aliphatic rings. The monoisotopic (exact) mass is 400 g/mol. The summed E-state index contributed by atoms with van der Waals surface area (Å²) in [6.45, 7) is 0.363. The summed E-state index contributed by atoms with van der Waals surface area (Å²) in [6.07, 6.45) is 3.60. The quantitative estimate of drug-likeness (QED) is 0.497. The molecule has 30 heavy (non-hydrogen) atoms. The first-order chi connectivity index (χ1) is 14.6. The van der Waals surface area contributed by atoms with Crippen molar-refractivity contribution in [2.45, 2.75) is 13.0 Å². The molecule has 2 heterocycles. The van der Waals surface area contributed by atoms with E-state index < -0.39 is 5.91 Å². The minimum Gasteiger partial charge on any atom is -0.370 e. The van der Waals surface area contributed by atoms with Crippen molar-refractivity contribution in [3.05, 3.63) is 84.7 Å². The first kappa shape index (κ1) is 19.1. The van der Waals surface area contributed by atoms with Gasteiger partial charge in [0.15, 0.2) is 5.82 Å².